The van der Waals surface area contributed by atoms with Crippen LogP contribution in [0.1, 0.15) is 81.1 Å². The van der Waals surface area contributed by atoms with Gasteiger partial charge in [0.25, 0.3) is 0 Å². The van der Waals surface area contributed by atoms with Crippen molar-refractivity contribution in [1.82, 2.24) is 31.9 Å². The number of nitrogens with one attached hydrogen (secondary N) is 6. The quantitative estimate of drug-likeness (QED) is 0.0675. The molecule has 0 aliphatic carbocycles. The van der Waals surface area contributed by atoms with Gasteiger partial charge in [0.15, 0.2) is 0 Å². The van der Waals surface area contributed by atoms with E-state index in [0.717, 1.165) is 6.92 Å². The predicted octanol–water partition coefficient (Wildman–Crippen LogP) is -1.17. The largest absolute Gasteiger partial charge is 0.481 e. The van der Waals surface area contributed by atoms with E-state index < -0.39 is 108 Å². The molecule has 266 valence electrons. The minimum Gasteiger partial charge on any atom is -0.481 e. The lowest BCUT2D eigenvalue weighted by atomic mass is 9.98. The Labute approximate surface area is 274 Å². The van der Waals surface area contributed by atoms with E-state index in [0.29, 0.717) is 6.29 Å². The lowest BCUT2D eigenvalue weighted by Gasteiger charge is -2.29. The van der Waals surface area contributed by atoms with Crippen LogP contribution in [0.25, 0.3) is 0 Å². The zero-order valence-electron chi connectivity index (χ0n) is 28.2. The molecular weight excluding hydrogens is 620 g/mol. The first-order valence-corrected chi connectivity index (χ1v) is 15.4. The molecule has 17 nitrogen and oxygen atoms in total. The Balaban J connectivity index is 5.91. The average Bonchev–Trinajstić information content (AvgIpc) is 2.96. The molecule has 0 spiro atoms. The van der Waals surface area contributed by atoms with Crippen molar-refractivity contribution >= 4 is 53.7 Å². The van der Waals surface area contributed by atoms with Crippen molar-refractivity contribution in [2.75, 3.05) is 0 Å². The van der Waals surface area contributed by atoms with Crippen molar-refractivity contribution in [1.29, 1.82) is 0 Å². The van der Waals surface area contributed by atoms with Crippen molar-refractivity contribution < 1.29 is 53.4 Å². The summed E-state index contributed by atoms with van der Waals surface area (Å²) in [6.07, 6.45) is -0.972. The van der Waals surface area contributed by atoms with Crippen LogP contribution in [0.5, 0.6) is 0 Å². The summed E-state index contributed by atoms with van der Waals surface area (Å²) in [4.78, 5) is 111. The van der Waals surface area contributed by atoms with Gasteiger partial charge in [-0.1, -0.05) is 48.5 Å². The van der Waals surface area contributed by atoms with Crippen molar-refractivity contribution in [3.05, 3.63) is 0 Å². The van der Waals surface area contributed by atoms with Gasteiger partial charge in [-0.05, 0) is 30.6 Å². The summed E-state index contributed by atoms with van der Waals surface area (Å²) in [7, 11) is 0. The van der Waals surface area contributed by atoms with Crippen molar-refractivity contribution in [2.45, 2.75) is 117 Å². The molecule has 0 saturated carbocycles. The van der Waals surface area contributed by atoms with Crippen molar-refractivity contribution in [2.24, 2.45) is 17.8 Å². The van der Waals surface area contributed by atoms with Crippen LogP contribution in [0.4, 0.5) is 0 Å². The van der Waals surface area contributed by atoms with Gasteiger partial charge >= 0.3 is 11.9 Å². The minimum atomic E-state index is -1.72. The van der Waals surface area contributed by atoms with Crippen molar-refractivity contribution in [3.8, 4) is 0 Å². The fourth-order valence-electron chi connectivity index (χ4n) is 4.24. The maximum Gasteiger partial charge on any atom is 0.305 e. The molecule has 17 heteroatoms. The van der Waals surface area contributed by atoms with Gasteiger partial charge in [-0.25, -0.2) is 0 Å². The molecule has 6 atom stereocenters. The second-order valence-electron chi connectivity index (χ2n) is 12.2. The smallest absolute Gasteiger partial charge is 0.305 e. The summed E-state index contributed by atoms with van der Waals surface area (Å²) < 4.78 is 0. The SMILES string of the molecule is CC[C@H](NC(=O)[C@@H](NC(=O)[C@@H](NC(=O)[C@H](CC(=O)O)NC(=O)[C@H](CCC(=O)O)NC(C)=O)C(C)C)C(C)C)C(=O)N[C@H](C=O)C(C)C. The van der Waals surface area contributed by atoms with Gasteiger partial charge in [0, 0.05) is 13.3 Å². The highest BCUT2D eigenvalue weighted by atomic mass is 16.4. The summed E-state index contributed by atoms with van der Waals surface area (Å²) in [5.41, 5.74) is 0. The third kappa shape index (κ3) is 15.5. The number of rotatable bonds is 21. The van der Waals surface area contributed by atoms with Gasteiger partial charge in [0.05, 0.1) is 12.5 Å². The number of carbonyl (C=O) groups excluding carboxylic acids is 7. The Morgan fingerprint density at radius 2 is 1.02 bits per heavy atom. The molecule has 0 rings (SSSR count). The highest BCUT2D eigenvalue weighted by Crippen LogP contribution is 2.10. The third-order valence-electron chi connectivity index (χ3n) is 7.06. The Kier molecular flexibility index (Phi) is 18.5. The highest BCUT2D eigenvalue weighted by molar-refractivity contribution is 5.97. The number of hydrogen-bond acceptors (Lipinski definition) is 9. The van der Waals surface area contributed by atoms with Crippen LogP contribution in [-0.4, -0.2) is 100 Å². The maximum atomic E-state index is 13.4. The second kappa shape index (κ2) is 20.5. The van der Waals surface area contributed by atoms with Crippen LogP contribution in [0.15, 0.2) is 0 Å². The number of carboxylic acid groups (broad SMARTS) is 2. The van der Waals surface area contributed by atoms with E-state index in [9.17, 15) is 48.3 Å². The minimum absolute atomic E-state index is 0.181. The zero-order chi connectivity index (χ0) is 36.6. The second-order valence-corrected chi connectivity index (χ2v) is 12.2. The van der Waals surface area contributed by atoms with E-state index in [1.54, 1.807) is 48.5 Å². The number of carbonyl (C=O) groups is 9. The molecule has 0 aliphatic rings. The van der Waals surface area contributed by atoms with Crippen LogP contribution in [0.2, 0.25) is 0 Å². The third-order valence-corrected chi connectivity index (χ3v) is 7.06. The van der Waals surface area contributed by atoms with Gasteiger partial charge in [-0.3, -0.25) is 38.4 Å². The molecule has 0 heterocycles. The molecule has 6 amide bonds. The lowest BCUT2D eigenvalue weighted by Crippen LogP contribution is -2.61. The Hall–Kier alpha value is -4.57. The van der Waals surface area contributed by atoms with Crippen LogP contribution >= 0.6 is 0 Å². The zero-order valence-corrected chi connectivity index (χ0v) is 28.2. The Bertz CT molecular complexity index is 1160. The van der Waals surface area contributed by atoms with Crippen LogP contribution < -0.4 is 31.9 Å². The molecule has 0 bridgehead atoms. The summed E-state index contributed by atoms with van der Waals surface area (Å²) in [5.74, 6) is -8.81. The highest BCUT2D eigenvalue weighted by Gasteiger charge is 2.35. The fourth-order valence-corrected chi connectivity index (χ4v) is 4.24. The maximum absolute atomic E-state index is 13.4. The first-order chi connectivity index (χ1) is 21.7. The number of aldehydes is 1. The number of aliphatic carboxylic acids is 2. The first-order valence-electron chi connectivity index (χ1n) is 15.4. The monoisotopic (exact) mass is 670 g/mol. The molecule has 0 aromatic carbocycles. The molecule has 0 aromatic rings. The number of hydrogen-bond donors (Lipinski definition) is 8. The van der Waals surface area contributed by atoms with E-state index in [1.807, 2.05) is 0 Å². The standard InChI is InChI=1S/C30H50N6O11/c1-9-18(26(43)34-21(13-37)14(2)3)32-29(46)24(15(4)5)36-30(47)25(16(6)7)35-28(45)20(12-23(41)42)33-27(44)19(31-17(8)38)10-11-22(39)40/h13-16,18-21,24-25H,9-12H2,1-8H3,(H,31,38)(H,32,46)(H,33,44)(H,34,43)(H,35,45)(H,36,47)(H,39,40)(H,41,42)/t18-,19-,20-,21+,24-,25-/m0/s1. The van der Waals surface area contributed by atoms with E-state index in [1.165, 1.54) is 0 Å². The molecule has 0 radical (unpaired) electrons. The molecule has 0 aromatic heterocycles. The normalized spacial score (nSPS) is 14.9. The van der Waals surface area contributed by atoms with Gasteiger partial charge in [-0.2, -0.15) is 0 Å². The molecule has 8 N–H and O–H groups in total. The number of carboxylic acids is 2. The molecule has 47 heavy (non-hydrogen) atoms. The summed E-state index contributed by atoms with van der Waals surface area (Å²) in [5, 5.41) is 32.9. The summed E-state index contributed by atoms with van der Waals surface area (Å²) in [6, 6.07) is -7.36. The molecule has 0 aliphatic heterocycles. The van der Waals surface area contributed by atoms with Gasteiger partial charge in [-0.15, -0.1) is 0 Å². The summed E-state index contributed by atoms with van der Waals surface area (Å²) >= 11 is 0. The van der Waals surface area contributed by atoms with E-state index in [-0.39, 0.29) is 18.8 Å². The van der Waals surface area contributed by atoms with Crippen LogP contribution in [0, 0.1) is 17.8 Å². The topological polar surface area (TPSA) is 266 Å². The Morgan fingerprint density at radius 3 is 1.43 bits per heavy atom. The Morgan fingerprint density at radius 1 is 0.574 bits per heavy atom. The average molecular weight is 671 g/mol. The van der Waals surface area contributed by atoms with E-state index >= 15 is 0 Å². The van der Waals surface area contributed by atoms with Crippen molar-refractivity contribution in [3.63, 3.8) is 0 Å². The van der Waals surface area contributed by atoms with Gasteiger partial charge in [0.2, 0.25) is 35.4 Å². The molecule has 0 saturated heterocycles. The summed E-state index contributed by atoms with van der Waals surface area (Å²) in [6.45, 7) is 12.7. The van der Waals surface area contributed by atoms with Crippen LogP contribution in [-0.2, 0) is 43.2 Å². The van der Waals surface area contributed by atoms with Crippen LogP contribution in [0.3, 0.4) is 0 Å². The molecule has 0 fully saturated rings. The first kappa shape index (κ1) is 42.4. The van der Waals surface area contributed by atoms with E-state index in [4.69, 9.17) is 5.11 Å². The lowest BCUT2D eigenvalue weighted by molar-refractivity contribution is -0.141. The number of amides is 6. The molecule has 0 unspecified atom stereocenters. The van der Waals surface area contributed by atoms with Gasteiger partial charge in [0.1, 0.15) is 36.5 Å². The molecular formula is C30H50N6O11. The van der Waals surface area contributed by atoms with E-state index in [2.05, 4.69) is 31.9 Å². The predicted molar refractivity (Wildman–Crippen MR) is 167 cm³/mol. The fraction of sp³-hybridized carbons (Fsp3) is 0.700. The van der Waals surface area contributed by atoms with Gasteiger partial charge < -0.3 is 46.9 Å².